The Kier molecular flexibility index (Phi) is 5.64. The van der Waals surface area contributed by atoms with Gasteiger partial charge < -0.3 is 10.5 Å². The summed E-state index contributed by atoms with van der Waals surface area (Å²) < 4.78 is 5.74. The summed E-state index contributed by atoms with van der Waals surface area (Å²) in [5.41, 5.74) is 6.34. The van der Waals surface area contributed by atoms with Crippen LogP contribution in [0.3, 0.4) is 0 Å². The van der Waals surface area contributed by atoms with Gasteiger partial charge in [-0.25, -0.2) is 0 Å². The number of benzene rings is 2. The van der Waals surface area contributed by atoms with Crippen LogP contribution < -0.4 is 10.5 Å². The van der Waals surface area contributed by atoms with Gasteiger partial charge in [-0.2, -0.15) is 5.26 Å². The lowest BCUT2D eigenvalue weighted by Crippen LogP contribution is -2.12. The lowest BCUT2D eigenvalue weighted by atomic mass is 10.1. The minimum Gasteiger partial charge on any atom is -0.488 e. The highest BCUT2D eigenvalue weighted by atomic mass is 35.5. The van der Waals surface area contributed by atoms with E-state index in [0.717, 1.165) is 5.56 Å². The van der Waals surface area contributed by atoms with E-state index < -0.39 is 5.91 Å². The van der Waals surface area contributed by atoms with Crippen molar-refractivity contribution < 1.29 is 9.53 Å². The highest BCUT2D eigenvalue weighted by Crippen LogP contribution is 2.25. The number of nitrogens with two attached hydrogens (primary N) is 1. The molecule has 2 rings (SSSR count). The van der Waals surface area contributed by atoms with E-state index in [1.807, 2.05) is 0 Å². The van der Waals surface area contributed by atoms with Crippen LogP contribution in [0.1, 0.15) is 11.1 Å². The molecule has 2 aromatic rings. The summed E-state index contributed by atoms with van der Waals surface area (Å²) in [5, 5.41) is 9.97. The summed E-state index contributed by atoms with van der Waals surface area (Å²) in [6, 6.07) is 13.9. The van der Waals surface area contributed by atoms with Crippen LogP contribution in [0.15, 0.2) is 48.0 Å². The standard InChI is InChI=1S/C17H12Cl2N2O2/c18-14-6-5-12(15(19)8-14)10-23-16-4-2-1-3-11(16)7-13(9-20)17(21)22/h1-8H,10H2,(H2,21,22)/b13-7+. The Bertz CT molecular complexity index is 810. The van der Waals surface area contributed by atoms with Gasteiger partial charge >= 0.3 is 0 Å². The Morgan fingerprint density at radius 3 is 2.65 bits per heavy atom. The number of nitrogens with zero attached hydrogens (tertiary/aromatic N) is 1. The van der Waals surface area contributed by atoms with Gasteiger partial charge in [-0.1, -0.05) is 47.5 Å². The highest BCUT2D eigenvalue weighted by Gasteiger charge is 2.08. The van der Waals surface area contributed by atoms with Crippen LogP contribution >= 0.6 is 23.2 Å². The first kappa shape index (κ1) is 16.9. The normalized spacial score (nSPS) is 10.9. The molecular formula is C17H12Cl2N2O2. The van der Waals surface area contributed by atoms with Gasteiger partial charge in [0, 0.05) is 21.2 Å². The molecule has 0 saturated carbocycles. The van der Waals surface area contributed by atoms with Gasteiger partial charge in [0.2, 0.25) is 0 Å². The minimum atomic E-state index is -0.789. The number of amides is 1. The molecule has 0 radical (unpaired) electrons. The predicted octanol–water partition coefficient (Wildman–Crippen LogP) is 3.96. The van der Waals surface area contributed by atoms with E-state index in [0.29, 0.717) is 21.4 Å². The molecule has 0 bridgehead atoms. The van der Waals surface area contributed by atoms with Crippen molar-refractivity contribution >= 4 is 35.2 Å². The number of rotatable bonds is 5. The molecule has 0 unspecified atom stereocenters. The smallest absolute Gasteiger partial charge is 0.259 e. The Morgan fingerprint density at radius 2 is 2.00 bits per heavy atom. The maximum atomic E-state index is 11.2. The van der Waals surface area contributed by atoms with Crippen LogP contribution in [0.25, 0.3) is 6.08 Å². The summed E-state index contributed by atoms with van der Waals surface area (Å²) in [7, 11) is 0. The molecule has 23 heavy (non-hydrogen) atoms. The fraction of sp³-hybridized carbons (Fsp3) is 0.0588. The van der Waals surface area contributed by atoms with Gasteiger partial charge in [-0.05, 0) is 24.3 Å². The first-order valence-corrected chi connectivity index (χ1v) is 7.34. The lowest BCUT2D eigenvalue weighted by Gasteiger charge is -2.10. The van der Waals surface area contributed by atoms with Crippen molar-refractivity contribution in [2.75, 3.05) is 0 Å². The summed E-state index contributed by atoms with van der Waals surface area (Å²) >= 11 is 12.0. The highest BCUT2D eigenvalue weighted by molar-refractivity contribution is 6.35. The van der Waals surface area contributed by atoms with E-state index in [-0.39, 0.29) is 12.2 Å². The van der Waals surface area contributed by atoms with E-state index in [1.165, 1.54) is 6.08 Å². The quantitative estimate of drug-likeness (QED) is 0.657. The third-order valence-electron chi connectivity index (χ3n) is 3.00. The number of ether oxygens (including phenoxy) is 1. The summed E-state index contributed by atoms with van der Waals surface area (Å²) in [6.07, 6.45) is 1.39. The zero-order valence-electron chi connectivity index (χ0n) is 11.9. The fourth-order valence-electron chi connectivity index (χ4n) is 1.84. The molecule has 116 valence electrons. The van der Waals surface area contributed by atoms with Gasteiger partial charge in [-0.3, -0.25) is 4.79 Å². The maximum Gasteiger partial charge on any atom is 0.259 e. The molecule has 1 amide bonds. The van der Waals surface area contributed by atoms with E-state index in [9.17, 15) is 4.79 Å². The maximum absolute atomic E-state index is 11.2. The van der Waals surface area contributed by atoms with Crippen molar-refractivity contribution in [1.29, 1.82) is 5.26 Å². The molecular weight excluding hydrogens is 335 g/mol. The van der Waals surface area contributed by atoms with Gasteiger partial charge in [0.1, 0.15) is 24.0 Å². The van der Waals surface area contributed by atoms with Crippen LogP contribution in [-0.4, -0.2) is 5.91 Å². The molecule has 0 fully saturated rings. The van der Waals surface area contributed by atoms with Crippen LogP contribution in [0.2, 0.25) is 10.0 Å². The molecule has 0 atom stereocenters. The van der Waals surface area contributed by atoms with E-state index >= 15 is 0 Å². The number of carbonyl (C=O) groups excluding carboxylic acids is 1. The van der Waals surface area contributed by atoms with Crippen molar-refractivity contribution in [2.24, 2.45) is 5.73 Å². The molecule has 2 aromatic carbocycles. The van der Waals surface area contributed by atoms with Crippen molar-refractivity contribution in [1.82, 2.24) is 0 Å². The second-order valence-electron chi connectivity index (χ2n) is 4.60. The molecule has 0 saturated heterocycles. The molecule has 0 heterocycles. The minimum absolute atomic E-state index is 0.148. The predicted molar refractivity (Wildman–Crippen MR) is 90.0 cm³/mol. The van der Waals surface area contributed by atoms with Gasteiger partial charge in [-0.15, -0.1) is 0 Å². The number of primary amides is 1. The van der Waals surface area contributed by atoms with Crippen LogP contribution in [0, 0.1) is 11.3 Å². The van der Waals surface area contributed by atoms with Crippen molar-refractivity contribution in [3.8, 4) is 11.8 Å². The summed E-state index contributed by atoms with van der Waals surface area (Å²) in [5.74, 6) is -0.282. The third-order valence-corrected chi connectivity index (χ3v) is 3.59. The molecule has 0 aromatic heterocycles. The average Bonchev–Trinajstić information content (AvgIpc) is 2.52. The van der Waals surface area contributed by atoms with E-state index in [1.54, 1.807) is 48.5 Å². The molecule has 0 aliphatic rings. The molecule has 0 spiro atoms. The van der Waals surface area contributed by atoms with Crippen molar-refractivity contribution in [3.63, 3.8) is 0 Å². The molecule has 0 aliphatic carbocycles. The number of carbonyl (C=O) groups is 1. The SMILES string of the molecule is N#C/C(=C\c1ccccc1OCc1ccc(Cl)cc1Cl)C(N)=O. The Hall–Kier alpha value is -2.48. The van der Waals surface area contributed by atoms with Gasteiger partial charge in [0.05, 0.1) is 0 Å². The average molecular weight is 347 g/mol. The number of para-hydroxylation sites is 1. The van der Waals surface area contributed by atoms with E-state index in [4.69, 9.17) is 38.9 Å². The number of nitriles is 1. The van der Waals surface area contributed by atoms with Crippen molar-refractivity contribution in [3.05, 3.63) is 69.2 Å². The number of hydrogen-bond donors (Lipinski definition) is 1. The number of halogens is 2. The third kappa shape index (κ3) is 4.49. The summed E-state index contributed by atoms with van der Waals surface area (Å²) in [6.45, 7) is 0.222. The molecule has 6 heteroatoms. The topological polar surface area (TPSA) is 76.1 Å². The number of hydrogen-bond acceptors (Lipinski definition) is 3. The monoisotopic (exact) mass is 346 g/mol. The molecule has 0 aliphatic heterocycles. The van der Waals surface area contributed by atoms with Crippen LogP contribution in [0.4, 0.5) is 0 Å². The lowest BCUT2D eigenvalue weighted by molar-refractivity contribution is -0.114. The molecule has 4 nitrogen and oxygen atoms in total. The zero-order chi connectivity index (χ0) is 16.8. The fourth-order valence-corrected chi connectivity index (χ4v) is 2.30. The Morgan fingerprint density at radius 1 is 1.26 bits per heavy atom. The van der Waals surface area contributed by atoms with E-state index in [2.05, 4.69) is 0 Å². The summed E-state index contributed by atoms with van der Waals surface area (Å²) in [4.78, 5) is 11.2. The second-order valence-corrected chi connectivity index (χ2v) is 5.44. The largest absolute Gasteiger partial charge is 0.488 e. The Labute approximate surface area is 143 Å². The first-order valence-electron chi connectivity index (χ1n) is 6.58. The zero-order valence-corrected chi connectivity index (χ0v) is 13.4. The van der Waals surface area contributed by atoms with Crippen LogP contribution in [0.5, 0.6) is 5.75 Å². The second kappa shape index (κ2) is 7.68. The first-order chi connectivity index (χ1) is 11.0. The van der Waals surface area contributed by atoms with Crippen molar-refractivity contribution in [2.45, 2.75) is 6.61 Å². The van der Waals surface area contributed by atoms with Crippen LogP contribution in [-0.2, 0) is 11.4 Å². The Balaban J connectivity index is 2.24. The van der Waals surface area contributed by atoms with Gasteiger partial charge in [0.15, 0.2) is 0 Å². The molecule has 2 N–H and O–H groups in total. The van der Waals surface area contributed by atoms with Gasteiger partial charge in [0.25, 0.3) is 5.91 Å².